The summed E-state index contributed by atoms with van der Waals surface area (Å²) in [6, 6.07) is 6.24. The number of hydrogen-bond acceptors (Lipinski definition) is 5. The Hall–Kier alpha value is -1.50. The van der Waals surface area contributed by atoms with Crippen molar-refractivity contribution in [3.63, 3.8) is 0 Å². The largest absolute Gasteiger partial charge is 0.465 e. The van der Waals surface area contributed by atoms with E-state index in [1.807, 2.05) is 19.2 Å². The summed E-state index contributed by atoms with van der Waals surface area (Å²) in [7, 11) is 3.45. The van der Waals surface area contributed by atoms with Crippen LogP contribution in [0.3, 0.4) is 0 Å². The van der Waals surface area contributed by atoms with Crippen LogP contribution in [0.15, 0.2) is 18.2 Å². The number of piperidine rings is 2. The molecule has 1 aromatic carbocycles. The fraction of sp³-hybridized carbons (Fsp3) is 0.556. The molecule has 2 atom stereocenters. The van der Waals surface area contributed by atoms with E-state index in [4.69, 9.17) is 9.72 Å². The van der Waals surface area contributed by atoms with Gasteiger partial charge in [0, 0.05) is 26.2 Å². The predicted molar refractivity (Wildman–Crippen MR) is 108 cm³/mol. The summed E-state index contributed by atoms with van der Waals surface area (Å²) >= 11 is 0. The van der Waals surface area contributed by atoms with E-state index in [0.29, 0.717) is 17.5 Å². The van der Waals surface area contributed by atoms with E-state index in [1.165, 1.54) is 26.4 Å². The van der Waals surface area contributed by atoms with E-state index < -0.39 is 0 Å². The molecule has 0 spiro atoms. The van der Waals surface area contributed by atoms with Gasteiger partial charge in [-0.2, -0.15) is 0 Å². The molecular formula is C18H26Cl2N4O2. The topological polar surface area (TPSA) is 59.4 Å². The van der Waals surface area contributed by atoms with Crippen LogP contribution >= 0.6 is 24.8 Å². The lowest BCUT2D eigenvalue weighted by Crippen LogP contribution is -2.52. The van der Waals surface area contributed by atoms with Crippen LogP contribution in [0.4, 0.5) is 5.95 Å². The van der Waals surface area contributed by atoms with Gasteiger partial charge in [-0.25, -0.2) is 9.78 Å². The third kappa shape index (κ3) is 3.63. The molecular weight excluding hydrogens is 375 g/mol. The standard InChI is InChI=1S/C18H24N4O2.2ClH/c1-21-16-6-5-12(17(23)24-2)10-15(16)20-18(21)22-9-7-14-13(11-22)4-3-8-19-14;;/h5-6,10,13-14,19H,3-4,7-9,11H2,1-2H3;2*1H/t13-,14+;;/m1../s1. The highest BCUT2D eigenvalue weighted by atomic mass is 35.5. The predicted octanol–water partition coefficient (Wildman–Crippen LogP) is 2.78. The van der Waals surface area contributed by atoms with Gasteiger partial charge in [-0.15, -0.1) is 24.8 Å². The molecule has 2 saturated heterocycles. The number of carbonyl (C=O) groups is 1. The molecule has 2 aromatic rings. The van der Waals surface area contributed by atoms with Crippen molar-refractivity contribution in [1.82, 2.24) is 14.9 Å². The molecule has 0 saturated carbocycles. The number of aromatic nitrogens is 2. The molecule has 8 heteroatoms. The Morgan fingerprint density at radius 1 is 1.31 bits per heavy atom. The van der Waals surface area contributed by atoms with Gasteiger partial charge in [0.05, 0.1) is 23.7 Å². The number of aryl methyl sites for hydroxylation is 1. The number of fused-ring (bicyclic) bond motifs is 2. The molecule has 0 unspecified atom stereocenters. The van der Waals surface area contributed by atoms with Gasteiger partial charge in [0.2, 0.25) is 5.95 Å². The molecule has 1 N–H and O–H groups in total. The quantitative estimate of drug-likeness (QED) is 0.785. The van der Waals surface area contributed by atoms with Crippen LogP contribution in [0.1, 0.15) is 29.6 Å². The monoisotopic (exact) mass is 400 g/mol. The Kier molecular flexibility index (Phi) is 6.77. The number of halogens is 2. The summed E-state index contributed by atoms with van der Waals surface area (Å²) in [4.78, 5) is 18.9. The minimum Gasteiger partial charge on any atom is -0.465 e. The van der Waals surface area contributed by atoms with Gasteiger partial charge in [0.25, 0.3) is 0 Å². The van der Waals surface area contributed by atoms with Crippen LogP contribution in [0.2, 0.25) is 0 Å². The Balaban J connectivity index is 0.00000121. The van der Waals surface area contributed by atoms with Gasteiger partial charge in [-0.05, 0) is 49.9 Å². The van der Waals surface area contributed by atoms with Crippen molar-refractivity contribution in [3.8, 4) is 0 Å². The molecule has 2 aliphatic heterocycles. The van der Waals surface area contributed by atoms with Crippen LogP contribution in [0.25, 0.3) is 11.0 Å². The number of rotatable bonds is 2. The minimum absolute atomic E-state index is 0. The lowest BCUT2D eigenvalue weighted by molar-refractivity contribution is 0.0601. The number of esters is 1. The molecule has 0 bridgehead atoms. The number of nitrogens with one attached hydrogen (secondary N) is 1. The van der Waals surface area contributed by atoms with Gasteiger partial charge in [0.1, 0.15) is 0 Å². The molecule has 0 amide bonds. The zero-order valence-electron chi connectivity index (χ0n) is 15.1. The average Bonchev–Trinajstić information content (AvgIpc) is 2.96. The van der Waals surface area contributed by atoms with Gasteiger partial charge in [0.15, 0.2) is 0 Å². The first-order valence-electron chi connectivity index (χ1n) is 8.70. The highest BCUT2D eigenvalue weighted by molar-refractivity contribution is 5.94. The van der Waals surface area contributed by atoms with E-state index >= 15 is 0 Å². The van der Waals surface area contributed by atoms with Gasteiger partial charge < -0.3 is 19.5 Å². The van der Waals surface area contributed by atoms with Crippen molar-refractivity contribution in [3.05, 3.63) is 23.8 Å². The maximum atomic E-state index is 11.7. The molecule has 3 heterocycles. The zero-order valence-corrected chi connectivity index (χ0v) is 16.7. The second kappa shape index (κ2) is 8.46. The molecule has 144 valence electrons. The number of hydrogen-bond donors (Lipinski definition) is 1. The number of nitrogens with zero attached hydrogens (tertiary/aromatic N) is 3. The Bertz CT molecular complexity index is 780. The molecule has 4 rings (SSSR count). The first-order chi connectivity index (χ1) is 11.7. The molecule has 0 radical (unpaired) electrons. The lowest BCUT2D eigenvalue weighted by Gasteiger charge is -2.42. The van der Waals surface area contributed by atoms with E-state index in [1.54, 1.807) is 6.07 Å². The van der Waals surface area contributed by atoms with Crippen LogP contribution in [0, 0.1) is 5.92 Å². The Labute approximate surface area is 166 Å². The van der Waals surface area contributed by atoms with Crippen molar-refractivity contribution in [2.24, 2.45) is 13.0 Å². The Morgan fingerprint density at radius 3 is 2.88 bits per heavy atom. The number of benzene rings is 1. The smallest absolute Gasteiger partial charge is 0.337 e. The summed E-state index contributed by atoms with van der Waals surface area (Å²) in [5, 5.41) is 3.66. The second-order valence-corrected chi connectivity index (χ2v) is 6.86. The van der Waals surface area contributed by atoms with Crippen molar-refractivity contribution < 1.29 is 9.53 Å². The van der Waals surface area contributed by atoms with Crippen molar-refractivity contribution in [1.29, 1.82) is 0 Å². The molecule has 6 nitrogen and oxygen atoms in total. The number of carbonyl (C=O) groups excluding carboxylic acids is 1. The third-order valence-electron chi connectivity index (χ3n) is 5.45. The van der Waals surface area contributed by atoms with Gasteiger partial charge in [-0.1, -0.05) is 0 Å². The first kappa shape index (κ1) is 20.8. The van der Waals surface area contributed by atoms with Crippen LogP contribution in [-0.2, 0) is 11.8 Å². The molecule has 1 aromatic heterocycles. The number of ether oxygens (including phenoxy) is 1. The van der Waals surface area contributed by atoms with E-state index in [9.17, 15) is 4.79 Å². The van der Waals surface area contributed by atoms with Gasteiger partial charge in [-0.3, -0.25) is 0 Å². The first-order valence-corrected chi connectivity index (χ1v) is 8.70. The molecule has 0 aliphatic carbocycles. The van der Waals surface area contributed by atoms with Crippen LogP contribution < -0.4 is 10.2 Å². The second-order valence-electron chi connectivity index (χ2n) is 6.86. The molecule has 26 heavy (non-hydrogen) atoms. The van der Waals surface area contributed by atoms with Crippen molar-refractivity contribution >= 4 is 47.8 Å². The maximum Gasteiger partial charge on any atom is 0.337 e. The number of methoxy groups -OCH3 is 1. The Morgan fingerprint density at radius 2 is 2.12 bits per heavy atom. The van der Waals surface area contributed by atoms with Crippen LogP contribution in [-0.4, -0.2) is 48.3 Å². The van der Waals surface area contributed by atoms with Crippen LogP contribution in [0.5, 0.6) is 0 Å². The summed E-state index contributed by atoms with van der Waals surface area (Å²) in [5.74, 6) is 1.38. The lowest BCUT2D eigenvalue weighted by atomic mass is 9.85. The third-order valence-corrected chi connectivity index (χ3v) is 5.45. The summed E-state index contributed by atoms with van der Waals surface area (Å²) in [5.41, 5.74) is 2.44. The van der Waals surface area contributed by atoms with E-state index in [0.717, 1.165) is 36.6 Å². The average molecular weight is 401 g/mol. The number of imidazole rings is 1. The normalized spacial score (nSPS) is 22.2. The number of anilines is 1. The summed E-state index contributed by atoms with van der Waals surface area (Å²) in [6.45, 7) is 3.23. The summed E-state index contributed by atoms with van der Waals surface area (Å²) in [6.07, 6.45) is 3.73. The fourth-order valence-corrected chi connectivity index (χ4v) is 4.14. The minimum atomic E-state index is -0.321. The van der Waals surface area contributed by atoms with Crippen molar-refractivity contribution in [2.45, 2.75) is 25.3 Å². The van der Waals surface area contributed by atoms with E-state index in [-0.39, 0.29) is 30.8 Å². The SMILES string of the molecule is COC(=O)c1ccc2c(c1)nc(N1CC[C@@H]3NCCC[C@@H]3C1)n2C.Cl.Cl. The van der Waals surface area contributed by atoms with Crippen molar-refractivity contribution in [2.75, 3.05) is 31.6 Å². The van der Waals surface area contributed by atoms with Gasteiger partial charge >= 0.3 is 5.97 Å². The fourth-order valence-electron chi connectivity index (χ4n) is 4.14. The molecule has 2 fully saturated rings. The maximum absolute atomic E-state index is 11.7. The highest BCUT2D eigenvalue weighted by Crippen LogP contribution is 2.30. The molecule has 2 aliphatic rings. The van der Waals surface area contributed by atoms with E-state index in [2.05, 4.69) is 14.8 Å². The summed E-state index contributed by atoms with van der Waals surface area (Å²) < 4.78 is 6.94. The zero-order chi connectivity index (χ0) is 16.7. The highest BCUT2D eigenvalue weighted by Gasteiger charge is 2.32.